The third kappa shape index (κ3) is 7.29. The molecule has 0 aliphatic carbocycles. The van der Waals surface area contributed by atoms with E-state index in [-0.39, 0.29) is 16.5 Å². The molecule has 1 aliphatic heterocycles. The van der Waals surface area contributed by atoms with Crippen LogP contribution < -0.4 is 10.0 Å². The van der Waals surface area contributed by atoms with Crippen molar-refractivity contribution in [2.45, 2.75) is 57.7 Å². The summed E-state index contributed by atoms with van der Waals surface area (Å²) in [6.07, 6.45) is 0. The van der Waals surface area contributed by atoms with E-state index < -0.39 is 10.0 Å². The van der Waals surface area contributed by atoms with Crippen molar-refractivity contribution in [3.8, 4) is 0 Å². The van der Waals surface area contributed by atoms with Crippen LogP contribution in [0.25, 0.3) is 0 Å². The van der Waals surface area contributed by atoms with E-state index in [2.05, 4.69) is 35.7 Å². The molecular weight excluding hydrogens is 392 g/mol. The summed E-state index contributed by atoms with van der Waals surface area (Å²) >= 11 is 1.99. The van der Waals surface area contributed by atoms with E-state index in [1.165, 1.54) is 0 Å². The second-order valence-electron chi connectivity index (χ2n) is 8.00. The molecule has 1 aliphatic rings. The lowest BCUT2D eigenvalue weighted by molar-refractivity contribution is 0.376. The quantitative estimate of drug-likeness (QED) is 0.518. The molecule has 1 aromatic rings. The molecule has 0 saturated carbocycles. The van der Waals surface area contributed by atoms with Crippen molar-refractivity contribution in [3.63, 3.8) is 0 Å². The van der Waals surface area contributed by atoms with Gasteiger partial charge in [-0.3, -0.25) is 0 Å². The van der Waals surface area contributed by atoms with Gasteiger partial charge in [0.1, 0.15) is 0 Å². The Bertz CT molecular complexity index is 776. The van der Waals surface area contributed by atoms with Crippen LogP contribution in [0.4, 0.5) is 0 Å². The number of nitrogens with zero attached hydrogens (tertiary/aromatic N) is 2. The van der Waals surface area contributed by atoms with Crippen LogP contribution in [-0.2, 0) is 22.3 Å². The maximum absolute atomic E-state index is 12.4. The van der Waals surface area contributed by atoms with Gasteiger partial charge in [-0.25, -0.2) is 18.1 Å². The van der Waals surface area contributed by atoms with E-state index in [0.29, 0.717) is 6.54 Å². The second-order valence-corrected chi connectivity index (χ2v) is 11.6. The molecule has 0 bridgehead atoms. The molecule has 2 N–H and O–H groups in total. The van der Waals surface area contributed by atoms with Gasteiger partial charge in [0.2, 0.25) is 10.0 Å². The minimum Gasteiger partial charge on any atom is -0.357 e. The highest BCUT2D eigenvalue weighted by Crippen LogP contribution is 2.29. The third-order valence-corrected chi connectivity index (χ3v) is 7.16. The summed E-state index contributed by atoms with van der Waals surface area (Å²) in [5.41, 5.74) is 1.74. The second kappa shape index (κ2) is 9.98. The number of aliphatic imine (C=N–C) groups is 1. The molecule has 1 aromatic carbocycles. The molecule has 0 atom stereocenters. The zero-order valence-corrected chi connectivity index (χ0v) is 19.3. The lowest BCUT2D eigenvalue weighted by Crippen LogP contribution is -2.50. The highest BCUT2D eigenvalue weighted by molar-refractivity contribution is 8.00. The van der Waals surface area contributed by atoms with Crippen molar-refractivity contribution in [3.05, 3.63) is 35.4 Å². The Morgan fingerprint density at radius 2 is 1.96 bits per heavy atom. The van der Waals surface area contributed by atoms with Crippen molar-refractivity contribution >= 4 is 27.7 Å². The first-order valence-electron chi connectivity index (χ1n) is 9.86. The molecule has 0 unspecified atom stereocenters. The van der Waals surface area contributed by atoms with E-state index in [4.69, 9.17) is 4.99 Å². The average Bonchev–Trinajstić information content (AvgIpc) is 2.57. The minimum absolute atomic E-state index is 0.0270. The molecule has 28 heavy (non-hydrogen) atoms. The Morgan fingerprint density at radius 3 is 2.57 bits per heavy atom. The number of sulfonamides is 1. The van der Waals surface area contributed by atoms with Gasteiger partial charge in [0, 0.05) is 36.2 Å². The van der Waals surface area contributed by atoms with Gasteiger partial charge in [0.05, 0.1) is 12.3 Å². The van der Waals surface area contributed by atoms with Gasteiger partial charge in [0.25, 0.3) is 0 Å². The SMILES string of the molecule is CCNC(=NCc1ccccc1CS(=O)(=O)NC(C)C)N1CCSC(C)(C)C1. The molecular formula is C20H34N4O2S2. The molecule has 0 amide bonds. The van der Waals surface area contributed by atoms with E-state index in [1.54, 1.807) is 0 Å². The Morgan fingerprint density at radius 1 is 1.29 bits per heavy atom. The number of nitrogens with one attached hydrogen (secondary N) is 2. The van der Waals surface area contributed by atoms with Crippen LogP contribution in [0.5, 0.6) is 0 Å². The largest absolute Gasteiger partial charge is 0.357 e. The molecule has 1 fully saturated rings. The summed E-state index contributed by atoms with van der Waals surface area (Å²) < 4.78 is 27.6. The zero-order chi connectivity index (χ0) is 20.8. The highest BCUT2D eigenvalue weighted by Gasteiger charge is 2.28. The monoisotopic (exact) mass is 426 g/mol. The first-order valence-corrected chi connectivity index (χ1v) is 12.5. The number of hydrogen-bond donors (Lipinski definition) is 2. The number of thioether (sulfide) groups is 1. The Kier molecular flexibility index (Phi) is 8.21. The smallest absolute Gasteiger partial charge is 0.216 e. The first-order chi connectivity index (χ1) is 13.1. The van der Waals surface area contributed by atoms with Crippen molar-refractivity contribution < 1.29 is 8.42 Å². The molecule has 1 heterocycles. The normalized spacial score (nSPS) is 17.8. The Balaban J connectivity index is 2.19. The van der Waals surface area contributed by atoms with Gasteiger partial charge in [-0.15, -0.1) is 0 Å². The predicted octanol–water partition coefficient (Wildman–Crippen LogP) is 2.81. The highest BCUT2D eigenvalue weighted by atomic mass is 32.2. The van der Waals surface area contributed by atoms with E-state index in [0.717, 1.165) is 42.5 Å². The lowest BCUT2D eigenvalue weighted by atomic mass is 10.1. The molecule has 8 heteroatoms. The van der Waals surface area contributed by atoms with Crippen LogP contribution in [0.15, 0.2) is 29.3 Å². The van der Waals surface area contributed by atoms with Crippen molar-refractivity contribution in [1.82, 2.24) is 14.9 Å². The van der Waals surface area contributed by atoms with Crippen LogP contribution in [0.3, 0.4) is 0 Å². The van der Waals surface area contributed by atoms with Crippen LogP contribution in [0, 0.1) is 0 Å². The first kappa shape index (κ1) is 23.0. The topological polar surface area (TPSA) is 73.8 Å². The maximum atomic E-state index is 12.4. The number of benzene rings is 1. The number of hydrogen-bond acceptors (Lipinski definition) is 4. The standard InChI is InChI=1S/C20H34N4O2S2/c1-6-21-19(24-11-12-27-20(4,5)15-24)22-13-17-9-7-8-10-18(17)14-28(25,26)23-16(2)3/h7-10,16,23H,6,11-15H2,1-5H3,(H,21,22). The van der Waals surface area contributed by atoms with Crippen LogP contribution in [0.1, 0.15) is 45.7 Å². The molecule has 6 nitrogen and oxygen atoms in total. The van der Waals surface area contributed by atoms with Gasteiger partial charge in [-0.2, -0.15) is 11.8 Å². The van der Waals surface area contributed by atoms with E-state index in [1.807, 2.05) is 49.9 Å². The summed E-state index contributed by atoms with van der Waals surface area (Å²) in [5.74, 6) is 1.95. The number of rotatable bonds is 7. The molecule has 0 radical (unpaired) electrons. The maximum Gasteiger partial charge on any atom is 0.216 e. The summed E-state index contributed by atoms with van der Waals surface area (Å²) in [7, 11) is -3.37. The molecule has 2 rings (SSSR count). The minimum atomic E-state index is -3.37. The van der Waals surface area contributed by atoms with E-state index in [9.17, 15) is 8.42 Å². The fraction of sp³-hybridized carbons (Fsp3) is 0.650. The summed E-state index contributed by atoms with van der Waals surface area (Å²) in [6, 6.07) is 7.53. The van der Waals surface area contributed by atoms with E-state index >= 15 is 0 Å². The average molecular weight is 427 g/mol. The predicted molar refractivity (Wildman–Crippen MR) is 120 cm³/mol. The molecule has 1 saturated heterocycles. The van der Waals surface area contributed by atoms with Gasteiger partial charge in [-0.05, 0) is 45.7 Å². The Hall–Kier alpha value is -1.25. The van der Waals surface area contributed by atoms with Crippen LogP contribution in [-0.4, -0.2) is 55.5 Å². The Labute approximate surface area is 174 Å². The summed E-state index contributed by atoms with van der Waals surface area (Å²) in [6.45, 7) is 13.4. The van der Waals surface area contributed by atoms with Crippen molar-refractivity contribution in [1.29, 1.82) is 0 Å². The summed E-state index contributed by atoms with van der Waals surface area (Å²) in [4.78, 5) is 7.14. The summed E-state index contributed by atoms with van der Waals surface area (Å²) in [5, 5.41) is 3.39. The zero-order valence-electron chi connectivity index (χ0n) is 17.7. The third-order valence-electron chi connectivity index (χ3n) is 4.34. The van der Waals surface area contributed by atoms with Crippen LogP contribution in [0.2, 0.25) is 0 Å². The fourth-order valence-electron chi connectivity index (χ4n) is 3.24. The van der Waals surface area contributed by atoms with Gasteiger partial charge in [-0.1, -0.05) is 24.3 Å². The number of guanidine groups is 1. The van der Waals surface area contributed by atoms with Gasteiger partial charge >= 0.3 is 0 Å². The van der Waals surface area contributed by atoms with Crippen molar-refractivity contribution in [2.75, 3.05) is 25.4 Å². The molecule has 0 spiro atoms. The molecule has 158 valence electrons. The van der Waals surface area contributed by atoms with Crippen molar-refractivity contribution in [2.24, 2.45) is 4.99 Å². The van der Waals surface area contributed by atoms with Gasteiger partial charge < -0.3 is 10.2 Å². The lowest BCUT2D eigenvalue weighted by Gasteiger charge is -2.39. The molecule has 0 aromatic heterocycles. The van der Waals surface area contributed by atoms with Gasteiger partial charge in [0.15, 0.2) is 5.96 Å². The van der Waals surface area contributed by atoms with Crippen LogP contribution >= 0.6 is 11.8 Å². The fourth-order valence-corrected chi connectivity index (χ4v) is 5.85.